The summed E-state index contributed by atoms with van der Waals surface area (Å²) in [6.45, 7) is 0.890. The second-order valence-corrected chi connectivity index (χ2v) is 6.93. The third kappa shape index (κ3) is 4.62. The maximum atomic E-state index is 12.7. The van der Waals surface area contributed by atoms with Crippen molar-refractivity contribution in [2.75, 3.05) is 39.7 Å². The van der Waals surface area contributed by atoms with E-state index in [0.29, 0.717) is 5.75 Å². The van der Waals surface area contributed by atoms with Crippen LogP contribution >= 0.6 is 0 Å². The van der Waals surface area contributed by atoms with E-state index in [1.54, 1.807) is 14.2 Å². The lowest BCUT2D eigenvalue weighted by Crippen LogP contribution is -2.33. The number of nitrogens with one attached hydrogen (secondary N) is 1. The first-order chi connectivity index (χ1) is 14.5. The van der Waals surface area contributed by atoms with E-state index in [1.807, 2.05) is 18.2 Å². The Hall–Kier alpha value is -3.33. The van der Waals surface area contributed by atoms with Gasteiger partial charge in [0.15, 0.2) is 0 Å². The van der Waals surface area contributed by atoms with Crippen LogP contribution in [0.5, 0.6) is 17.2 Å². The zero-order chi connectivity index (χ0) is 21.7. The van der Waals surface area contributed by atoms with Crippen molar-refractivity contribution in [1.82, 2.24) is 4.90 Å². The molecular formula is C21H25N3O6. The van der Waals surface area contributed by atoms with Crippen LogP contribution in [0.4, 0.5) is 11.4 Å². The summed E-state index contributed by atoms with van der Waals surface area (Å²) < 4.78 is 16.1. The highest BCUT2D eigenvalue weighted by atomic mass is 16.6. The first-order valence-electron chi connectivity index (χ1n) is 9.55. The van der Waals surface area contributed by atoms with E-state index in [4.69, 9.17) is 14.2 Å². The Morgan fingerprint density at radius 2 is 1.87 bits per heavy atom. The van der Waals surface area contributed by atoms with Crippen LogP contribution in [-0.4, -0.2) is 50.1 Å². The average Bonchev–Trinajstić information content (AvgIpc) is 3.20. The summed E-state index contributed by atoms with van der Waals surface area (Å²) in [5, 5.41) is 13.8. The number of hydrogen-bond acceptors (Lipinski definition) is 7. The molecule has 1 atom stereocenters. The van der Waals surface area contributed by atoms with Gasteiger partial charge in [-0.3, -0.25) is 19.8 Å². The molecule has 0 aliphatic carbocycles. The molecule has 1 fully saturated rings. The van der Waals surface area contributed by atoms with Crippen LogP contribution in [0.3, 0.4) is 0 Å². The summed E-state index contributed by atoms with van der Waals surface area (Å²) in [7, 11) is 4.67. The zero-order valence-corrected chi connectivity index (χ0v) is 17.2. The minimum absolute atomic E-state index is 0.00723. The smallest absolute Gasteiger partial charge is 0.271 e. The van der Waals surface area contributed by atoms with Crippen LogP contribution < -0.4 is 19.5 Å². The van der Waals surface area contributed by atoms with E-state index in [2.05, 4.69) is 10.2 Å². The molecule has 1 aliphatic heterocycles. The predicted molar refractivity (Wildman–Crippen MR) is 111 cm³/mol. The molecule has 0 radical (unpaired) electrons. The lowest BCUT2D eigenvalue weighted by molar-refractivity contribution is -0.384. The Labute approximate surface area is 174 Å². The third-order valence-corrected chi connectivity index (χ3v) is 5.17. The maximum Gasteiger partial charge on any atom is 0.271 e. The number of anilines is 1. The number of carbonyl (C=O) groups excluding carboxylic acids is 1. The largest absolute Gasteiger partial charge is 0.497 e. The second kappa shape index (κ2) is 9.45. The Morgan fingerprint density at radius 1 is 1.13 bits per heavy atom. The lowest BCUT2D eigenvalue weighted by Gasteiger charge is -2.26. The number of amides is 1. The molecule has 0 unspecified atom stereocenters. The molecule has 0 aromatic heterocycles. The van der Waals surface area contributed by atoms with Crippen molar-refractivity contribution in [3.63, 3.8) is 0 Å². The SMILES string of the molecule is COc1ccc(OC)c([C@@H]2CCCN2CC(=O)Nc2cc([N+](=O)[O-])ccc2OC)c1. The number of benzene rings is 2. The molecule has 1 aliphatic rings. The van der Waals surface area contributed by atoms with Gasteiger partial charge in [-0.2, -0.15) is 0 Å². The number of nitrogens with zero attached hydrogens (tertiary/aromatic N) is 2. The highest BCUT2D eigenvalue weighted by Crippen LogP contribution is 2.39. The van der Waals surface area contributed by atoms with Gasteiger partial charge in [-0.25, -0.2) is 0 Å². The van der Waals surface area contributed by atoms with E-state index >= 15 is 0 Å². The molecule has 0 saturated carbocycles. The van der Waals surface area contributed by atoms with Crippen molar-refractivity contribution in [3.05, 3.63) is 52.1 Å². The first-order valence-corrected chi connectivity index (χ1v) is 9.55. The van der Waals surface area contributed by atoms with Gasteiger partial charge in [-0.15, -0.1) is 0 Å². The van der Waals surface area contributed by atoms with Crippen molar-refractivity contribution in [3.8, 4) is 17.2 Å². The number of carbonyl (C=O) groups is 1. The maximum absolute atomic E-state index is 12.7. The van der Waals surface area contributed by atoms with Gasteiger partial charge in [0.25, 0.3) is 5.69 Å². The topological polar surface area (TPSA) is 103 Å². The molecular weight excluding hydrogens is 390 g/mol. The summed E-state index contributed by atoms with van der Waals surface area (Å²) in [4.78, 5) is 25.3. The summed E-state index contributed by atoms with van der Waals surface area (Å²) in [5.74, 6) is 1.56. The molecule has 1 heterocycles. The van der Waals surface area contributed by atoms with E-state index < -0.39 is 4.92 Å². The normalized spacial score (nSPS) is 16.2. The van der Waals surface area contributed by atoms with E-state index in [0.717, 1.165) is 36.4 Å². The molecule has 1 amide bonds. The van der Waals surface area contributed by atoms with Crippen LogP contribution in [0, 0.1) is 10.1 Å². The zero-order valence-electron chi connectivity index (χ0n) is 17.2. The number of non-ortho nitro benzene ring substituents is 1. The van der Waals surface area contributed by atoms with Gasteiger partial charge in [0.2, 0.25) is 5.91 Å². The van der Waals surface area contributed by atoms with Gasteiger partial charge in [0, 0.05) is 23.7 Å². The molecule has 9 heteroatoms. The van der Waals surface area contributed by atoms with Crippen LogP contribution in [0.15, 0.2) is 36.4 Å². The summed E-state index contributed by atoms with van der Waals surface area (Å²) >= 11 is 0. The van der Waals surface area contributed by atoms with Gasteiger partial charge in [-0.05, 0) is 43.7 Å². The van der Waals surface area contributed by atoms with Crippen molar-refractivity contribution in [1.29, 1.82) is 0 Å². The van der Waals surface area contributed by atoms with Crippen molar-refractivity contribution in [2.45, 2.75) is 18.9 Å². The highest BCUT2D eigenvalue weighted by Gasteiger charge is 2.30. The van der Waals surface area contributed by atoms with Crippen molar-refractivity contribution in [2.24, 2.45) is 0 Å². The summed E-state index contributed by atoms with van der Waals surface area (Å²) in [6, 6.07) is 9.73. The Morgan fingerprint density at radius 3 is 2.53 bits per heavy atom. The quantitative estimate of drug-likeness (QED) is 0.521. The standard InChI is InChI=1S/C21H25N3O6/c1-28-15-7-9-19(29-2)16(12-15)18-5-4-10-23(18)13-21(25)22-17-11-14(24(26)27)6-8-20(17)30-3/h6-9,11-12,18H,4-5,10,13H2,1-3H3,(H,22,25)/t18-/m0/s1. The third-order valence-electron chi connectivity index (χ3n) is 5.17. The molecule has 2 aromatic carbocycles. The molecule has 160 valence electrons. The van der Waals surface area contributed by atoms with E-state index in [1.165, 1.54) is 25.3 Å². The van der Waals surface area contributed by atoms with Gasteiger partial charge in [0.1, 0.15) is 17.2 Å². The van der Waals surface area contributed by atoms with Gasteiger partial charge in [0.05, 0.1) is 38.5 Å². The molecule has 0 bridgehead atoms. The first kappa shape index (κ1) is 21.4. The number of ether oxygens (including phenoxy) is 3. The fraction of sp³-hybridized carbons (Fsp3) is 0.381. The molecule has 30 heavy (non-hydrogen) atoms. The Balaban J connectivity index is 1.77. The van der Waals surface area contributed by atoms with Crippen LogP contribution in [0.25, 0.3) is 0 Å². The van der Waals surface area contributed by atoms with Gasteiger partial charge < -0.3 is 19.5 Å². The number of methoxy groups -OCH3 is 3. The second-order valence-electron chi connectivity index (χ2n) is 6.93. The molecule has 2 aromatic rings. The Kier molecular flexibility index (Phi) is 6.73. The number of likely N-dealkylation sites (tertiary alicyclic amines) is 1. The van der Waals surface area contributed by atoms with Crippen molar-refractivity contribution < 1.29 is 23.9 Å². The molecule has 3 rings (SSSR count). The minimum atomic E-state index is -0.513. The van der Waals surface area contributed by atoms with Crippen LogP contribution in [-0.2, 0) is 4.79 Å². The van der Waals surface area contributed by atoms with E-state index in [-0.39, 0.29) is 29.9 Å². The van der Waals surface area contributed by atoms with E-state index in [9.17, 15) is 14.9 Å². The lowest BCUT2D eigenvalue weighted by atomic mass is 10.0. The summed E-state index contributed by atoms with van der Waals surface area (Å²) in [5.41, 5.74) is 1.12. The fourth-order valence-electron chi connectivity index (χ4n) is 3.75. The van der Waals surface area contributed by atoms with Gasteiger partial charge in [-0.1, -0.05) is 0 Å². The highest BCUT2D eigenvalue weighted by molar-refractivity contribution is 5.94. The van der Waals surface area contributed by atoms with Gasteiger partial charge >= 0.3 is 0 Å². The Bertz CT molecular complexity index is 933. The number of hydrogen-bond donors (Lipinski definition) is 1. The van der Waals surface area contributed by atoms with Crippen molar-refractivity contribution >= 4 is 17.3 Å². The number of nitro benzene ring substituents is 1. The number of nitro groups is 1. The van der Waals surface area contributed by atoms with Crippen LogP contribution in [0.2, 0.25) is 0 Å². The predicted octanol–water partition coefficient (Wildman–Crippen LogP) is 3.40. The molecule has 1 saturated heterocycles. The summed E-state index contributed by atoms with van der Waals surface area (Å²) in [6.07, 6.45) is 1.83. The number of rotatable bonds is 8. The fourth-order valence-corrected chi connectivity index (χ4v) is 3.75. The van der Waals surface area contributed by atoms with Crippen LogP contribution in [0.1, 0.15) is 24.4 Å². The molecule has 0 spiro atoms. The average molecular weight is 415 g/mol. The molecule has 9 nitrogen and oxygen atoms in total. The monoisotopic (exact) mass is 415 g/mol. The minimum Gasteiger partial charge on any atom is -0.497 e. The molecule has 1 N–H and O–H groups in total.